The van der Waals surface area contributed by atoms with Crippen LogP contribution < -0.4 is 0 Å². The van der Waals surface area contributed by atoms with E-state index in [-0.39, 0.29) is 40.9 Å². The van der Waals surface area contributed by atoms with E-state index in [0.717, 1.165) is 12.8 Å². The zero-order chi connectivity index (χ0) is 19.0. The van der Waals surface area contributed by atoms with Gasteiger partial charge in [-0.25, -0.2) is 13.8 Å². The van der Waals surface area contributed by atoms with Crippen LogP contribution in [0.2, 0.25) is 0 Å². The van der Waals surface area contributed by atoms with Gasteiger partial charge in [0.2, 0.25) is 0 Å². The second-order valence-corrected chi connectivity index (χ2v) is 6.65. The summed E-state index contributed by atoms with van der Waals surface area (Å²) in [6.45, 7) is 0.404. The van der Waals surface area contributed by atoms with Crippen LogP contribution in [0.15, 0.2) is 48.5 Å². The van der Waals surface area contributed by atoms with Crippen LogP contribution in [0.1, 0.15) is 23.2 Å². The third kappa shape index (κ3) is 3.06. The Hall–Kier alpha value is -2.86. The first-order valence-electron chi connectivity index (χ1n) is 8.86. The number of aliphatic hydroxyl groups excluding tert-OH is 1. The normalized spacial score (nSPS) is 16.9. The van der Waals surface area contributed by atoms with Crippen molar-refractivity contribution in [3.05, 3.63) is 65.7 Å². The maximum atomic E-state index is 14.4. The number of hydrogen-bond donors (Lipinski definition) is 1. The van der Waals surface area contributed by atoms with E-state index < -0.39 is 11.6 Å². The fraction of sp³-hybridized carbons (Fsp3) is 0.238. The molecule has 0 unspecified atom stereocenters. The molecule has 2 aromatic carbocycles. The molecular weight excluding hydrogens is 350 g/mol. The van der Waals surface area contributed by atoms with Gasteiger partial charge in [0.25, 0.3) is 5.91 Å². The van der Waals surface area contributed by atoms with E-state index in [1.165, 1.54) is 24.3 Å². The molecule has 138 valence electrons. The molecule has 1 aromatic heterocycles. The summed E-state index contributed by atoms with van der Waals surface area (Å²) >= 11 is 0. The summed E-state index contributed by atoms with van der Waals surface area (Å²) in [5.74, 6) is -1.37. The van der Waals surface area contributed by atoms with Crippen LogP contribution >= 0.6 is 0 Å². The molecule has 0 aliphatic carbocycles. The predicted octanol–water partition coefficient (Wildman–Crippen LogP) is 3.78. The van der Waals surface area contributed by atoms with E-state index >= 15 is 0 Å². The number of aliphatic hydroxyl groups is 1. The Balaban J connectivity index is 1.92. The van der Waals surface area contributed by atoms with E-state index in [1.54, 1.807) is 29.2 Å². The SMILES string of the molecule is O=C(c1cc(-c2ccccc2F)nc2c(F)cccc12)N1CCC[C@@H]1CO. The Labute approximate surface area is 155 Å². The molecule has 1 aliphatic heterocycles. The zero-order valence-electron chi connectivity index (χ0n) is 14.5. The molecule has 1 fully saturated rings. The quantitative estimate of drug-likeness (QED) is 0.766. The van der Waals surface area contributed by atoms with Crippen LogP contribution in [0, 0.1) is 11.6 Å². The standard InChI is InChI=1S/C21H18F2N2O2/c22-17-8-2-1-6-15(17)19-11-16(14-7-3-9-18(23)20(14)24-19)21(27)25-10-4-5-13(25)12-26/h1-3,6-9,11,13,26H,4-5,10,12H2/t13-/m1/s1. The molecule has 1 aliphatic rings. The number of rotatable bonds is 3. The molecule has 1 amide bonds. The van der Waals surface area contributed by atoms with Gasteiger partial charge in [-0.05, 0) is 37.1 Å². The lowest BCUT2D eigenvalue weighted by Crippen LogP contribution is -2.37. The van der Waals surface area contributed by atoms with Crippen molar-refractivity contribution >= 4 is 16.8 Å². The van der Waals surface area contributed by atoms with Crippen LogP contribution in [0.4, 0.5) is 8.78 Å². The Kier molecular flexibility index (Phi) is 4.58. The molecule has 6 heteroatoms. The molecule has 4 nitrogen and oxygen atoms in total. The molecule has 1 saturated heterocycles. The number of para-hydroxylation sites is 1. The van der Waals surface area contributed by atoms with Gasteiger partial charge in [0.1, 0.15) is 17.2 Å². The van der Waals surface area contributed by atoms with Crippen molar-refractivity contribution < 1.29 is 18.7 Å². The van der Waals surface area contributed by atoms with Gasteiger partial charge in [0, 0.05) is 17.5 Å². The van der Waals surface area contributed by atoms with E-state index in [0.29, 0.717) is 11.9 Å². The minimum Gasteiger partial charge on any atom is -0.394 e. The van der Waals surface area contributed by atoms with Crippen LogP contribution in [-0.2, 0) is 0 Å². The summed E-state index contributed by atoms with van der Waals surface area (Å²) in [6, 6.07) is 11.7. The topological polar surface area (TPSA) is 53.4 Å². The first-order chi connectivity index (χ1) is 13.1. The smallest absolute Gasteiger partial charge is 0.254 e. The molecule has 2 heterocycles. The number of fused-ring (bicyclic) bond motifs is 1. The first kappa shape index (κ1) is 17.5. The van der Waals surface area contributed by atoms with Crippen molar-refractivity contribution in [1.82, 2.24) is 9.88 Å². The maximum absolute atomic E-state index is 14.4. The van der Waals surface area contributed by atoms with Gasteiger partial charge in [-0.2, -0.15) is 0 Å². The number of halogens is 2. The van der Waals surface area contributed by atoms with Crippen LogP contribution in [0.3, 0.4) is 0 Å². The van der Waals surface area contributed by atoms with Crippen molar-refractivity contribution in [2.75, 3.05) is 13.2 Å². The number of likely N-dealkylation sites (tertiary alicyclic amines) is 1. The third-order valence-corrected chi connectivity index (χ3v) is 5.02. The molecule has 1 atom stereocenters. The number of hydrogen-bond acceptors (Lipinski definition) is 3. The highest BCUT2D eigenvalue weighted by Crippen LogP contribution is 2.30. The molecule has 1 N–H and O–H groups in total. The number of benzene rings is 2. The molecule has 4 rings (SSSR count). The second-order valence-electron chi connectivity index (χ2n) is 6.65. The van der Waals surface area contributed by atoms with Crippen molar-refractivity contribution in [2.24, 2.45) is 0 Å². The number of amides is 1. The van der Waals surface area contributed by atoms with Gasteiger partial charge in [0.15, 0.2) is 0 Å². The minimum absolute atomic E-state index is 0.0290. The highest BCUT2D eigenvalue weighted by molar-refractivity contribution is 6.07. The number of aromatic nitrogens is 1. The number of carbonyl (C=O) groups is 1. The summed E-state index contributed by atoms with van der Waals surface area (Å²) in [5.41, 5.74) is 0.699. The van der Waals surface area contributed by atoms with Crippen molar-refractivity contribution in [2.45, 2.75) is 18.9 Å². The summed E-state index contributed by atoms with van der Waals surface area (Å²) < 4.78 is 28.7. The number of pyridine rings is 1. The summed E-state index contributed by atoms with van der Waals surface area (Å²) in [6.07, 6.45) is 1.52. The fourth-order valence-corrected chi connectivity index (χ4v) is 3.64. The molecule has 0 spiro atoms. The second kappa shape index (κ2) is 7.04. The van der Waals surface area contributed by atoms with Gasteiger partial charge in [0.05, 0.1) is 23.9 Å². The maximum Gasteiger partial charge on any atom is 0.254 e. The van der Waals surface area contributed by atoms with Gasteiger partial charge < -0.3 is 10.0 Å². The van der Waals surface area contributed by atoms with E-state index in [9.17, 15) is 18.7 Å². The van der Waals surface area contributed by atoms with Crippen LogP contribution in [-0.4, -0.2) is 40.1 Å². The monoisotopic (exact) mass is 368 g/mol. The molecule has 27 heavy (non-hydrogen) atoms. The summed E-state index contributed by atoms with van der Waals surface area (Å²) in [7, 11) is 0. The minimum atomic E-state index is -0.570. The van der Waals surface area contributed by atoms with Gasteiger partial charge in [-0.1, -0.05) is 24.3 Å². The van der Waals surface area contributed by atoms with E-state index in [4.69, 9.17) is 0 Å². The summed E-state index contributed by atoms with van der Waals surface area (Å²) in [4.78, 5) is 19.1. The average molecular weight is 368 g/mol. The predicted molar refractivity (Wildman–Crippen MR) is 98.2 cm³/mol. The molecule has 0 radical (unpaired) electrons. The Bertz CT molecular complexity index is 1020. The largest absolute Gasteiger partial charge is 0.394 e. The van der Waals surface area contributed by atoms with Crippen molar-refractivity contribution in [1.29, 1.82) is 0 Å². The third-order valence-electron chi connectivity index (χ3n) is 5.02. The average Bonchev–Trinajstić information content (AvgIpc) is 3.16. The first-order valence-corrected chi connectivity index (χ1v) is 8.86. The molecular formula is C21H18F2N2O2. The lowest BCUT2D eigenvalue weighted by Gasteiger charge is -2.24. The van der Waals surface area contributed by atoms with Crippen LogP contribution in [0.5, 0.6) is 0 Å². The molecule has 0 bridgehead atoms. The Morgan fingerprint density at radius 3 is 2.70 bits per heavy atom. The fourth-order valence-electron chi connectivity index (χ4n) is 3.64. The highest BCUT2D eigenvalue weighted by atomic mass is 19.1. The number of carbonyl (C=O) groups excluding carboxylic acids is 1. The number of nitrogens with zero attached hydrogens (tertiary/aromatic N) is 2. The van der Waals surface area contributed by atoms with Gasteiger partial charge in [-0.3, -0.25) is 4.79 Å². The van der Waals surface area contributed by atoms with Crippen molar-refractivity contribution in [3.8, 4) is 11.3 Å². The van der Waals surface area contributed by atoms with E-state index in [2.05, 4.69) is 4.98 Å². The lowest BCUT2D eigenvalue weighted by molar-refractivity contribution is 0.0679. The Morgan fingerprint density at radius 2 is 1.93 bits per heavy atom. The molecule has 3 aromatic rings. The van der Waals surface area contributed by atoms with Gasteiger partial charge >= 0.3 is 0 Å². The Morgan fingerprint density at radius 1 is 1.15 bits per heavy atom. The molecule has 0 saturated carbocycles. The van der Waals surface area contributed by atoms with Crippen LogP contribution in [0.25, 0.3) is 22.2 Å². The van der Waals surface area contributed by atoms with E-state index in [1.807, 2.05) is 0 Å². The summed E-state index contributed by atoms with van der Waals surface area (Å²) in [5, 5.41) is 9.92. The van der Waals surface area contributed by atoms with Gasteiger partial charge in [-0.15, -0.1) is 0 Å². The zero-order valence-corrected chi connectivity index (χ0v) is 14.5. The highest BCUT2D eigenvalue weighted by Gasteiger charge is 2.30. The lowest BCUT2D eigenvalue weighted by atomic mass is 10.0. The van der Waals surface area contributed by atoms with Crippen molar-refractivity contribution in [3.63, 3.8) is 0 Å².